The molecule has 3 nitrogen and oxygen atoms in total. The van der Waals surface area contributed by atoms with Gasteiger partial charge in [0.25, 0.3) is 5.91 Å². The third kappa shape index (κ3) is 4.06. The molecule has 0 spiro atoms. The molecule has 0 aliphatic rings. The Kier molecular flexibility index (Phi) is 4.76. The summed E-state index contributed by atoms with van der Waals surface area (Å²) in [4.78, 5) is 12.1. The summed E-state index contributed by atoms with van der Waals surface area (Å²) in [6, 6.07) is 7.37. The van der Waals surface area contributed by atoms with Crippen molar-refractivity contribution < 1.29 is 9.53 Å². The molecule has 100 valence electrons. The lowest BCUT2D eigenvalue weighted by molar-refractivity contribution is 0.0909. The molecule has 1 aromatic rings. The number of nitrogens with one attached hydrogen (secondary N) is 1. The van der Waals surface area contributed by atoms with Crippen LogP contribution < -0.4 is 10.1 Å². The van der Waals surface area contributed by atoms with Gasteiger partial charge >= 0.3 is 0 Å². The van der Waals surface area contributed by atoms with Crippen LogP contribution in [0.25, 0.3) is 0 Å². The predicted molar refractivity (Wildman–Crippen MR) is 74.0 cm³/mol. The van der Waals surface area contributed by atoms with E-state index in [1.165, 1.54) is 0 Å². The number of hydrogen-bond acceptors (Lipinski definition) is 2. The van der Waals surface area contributed by atoms with Crippen molar-refractivity contribution in [3.8, 4) is 5.75 Å². The molecule has 1 amide bonds. The maximum Gasteiger partial charge on any atom is 0.251 e. The van der Waals surface area contributed by atoms with E-state index in [2.05, 4.69) is 26.1 Å². The fraction of sp³-hybridized carbons (Fsp3) is 0.533. The fourth-order valence-electron chi connectivity index (χ4n) is 1.39. The topological polar surface area (TPSA) is 38.3 Å². The molecule has 0 bridgehead atoms. The van der Waals surface area contributed by atoms with E-state index >= 15 is 0 Å². The van der Waals surface area contributed by atoms with E-state index in [1.54, 1.807) is 12.1 Å². The van der Waals surface area contributed by atoms with Crippen LogP contribution in [0.2, 0.25) is 0 Å². The quantitative estimate of drug-likeness (QED) is 0.889. The number of ether oxygens (including phenoxy) is 1. The average molecular weight is 249 g/mol. The van der Waals surface area contributed by atoms with Crippen molar-refractivity contribution in [2.24, 2.45) is 5.41 Å². The Hall–Kier alpha value is -1.51. The third-order valence-electron chi connectivity index (χ3n) is 3.05. The van der Waals surface area contributed by atoms with Crippen molar-refractivity contribution in [3.63, 3.8) is 0 Å². The Morgan fingerprint density at radius 1 is 1.39 bits per heavy atom. The lowest BCUT2D eigenvalue weighted by Gasteiger charge is -2.28. The zero-order chi connectivity index (χ0) is 13.8. The maximum atomic E-state index is 12.1. The summed E-state index contributed by atoms with van der Waals surface area (Å²) in [6.07, 6.45) is 0. The van der Waals surface area contributed by atoms with Crippen molar-refractivity contribution in [1.29, 1.82) is 0 Å². The molecule has 0 fully saturated rings. The first-order chi connectivity index (χ1) is 8.34. The van der Waals surface area contributed by atoms with Crippen LogP contribution in [0.15, 0.2) is 24.3 Å². The van der Waals surface area contributed by atoms with Crippen LogP contribution in [0, 0.1) is 5.41 Å². The molecule has 1 rings (SSSR count). The molecule has 0 radical (unpaired) electrons. The molecule has 0 saturated heterocycles. The highest BCUT2D eigenvalue weighted by Crippen LogP contribution is 2.19. The molecule has 1 unspecified atom stereocenters. The first-order valence-corrected chi connectivity index (χ1v) is 6.38. The van der Waals surface area contributed by atoms with E-state index in [0.717, 1.165) is 5.75 Å². The minimum atomic E-state index is -0.0565. The second-order valence-corrected chi connectivity index (χ2v) is 5.52. The first kappa shape index (κ1) is 14.6. The standard InChI is InChI=1S/C15H23NO2/c1-6-18-13-9-7-8-12(10-13)14(17)16-11(2)15(3,4)5/h7-11H,6H2,1-5H3,(H,16,17). The van der Waals surface area contributed by atoms with E-state index in [4.69, 9.17) is 4.74 Å². The van der Waals surface area contributed by atoms with Crippen LogP contribution in [0.1, 0.15) is 45.0 Å². The van der Waals surface area contributed by atoms with E-state index in [-0.39, 0.29) is 17.4 Å². The van der Waals surface area contributed by atoms with Crippen LogP contribution in [0.4, 0.5) is 0 Å². The average Bonchev–Trinajstić information content (AvgIpc) is 2.28. The van der Waals surface area contributed by atoms with Crippen LogP contribution in [-0.4, -0.2) is 18.6 Å². The van der Waals surface area contributed by atoms with Crippen molar-refractivity contribution in [2.45, 2.75) is 40.7 Å². The van der Waals surface area contributed by atoms with Crippen molar-refractivity contribution in [1.82, 2.24) is 5.32 Å². The highest BCUT2D eigenvalue weighted by molar-refractivity contribution is 5.94. The van der Waals surface area contributed by atoms with Gasteiger partial charge in [-0.15, -0.1) is 0 Å². The van der Waals surface area contributed by atoms with E-state index in [1.807, 2.05) is 26.0 Å². The van der Waals surface area contributed by atoms with Gasteiger partial charge in [-0.1, -0.05) is 26.8 Å². The minimum absolute atomic E-state index is 0.0488. The zero-order valence-electron chi connectivity index (χ0n) is 11.9. The van der Waals surface area contributed by atoms with Gasteiger partial charge in [0.15, 0.2) is 0 Å². The third-order valence-corrected chi connectivity index (χ3v) is 3.05. The van der Waals surface area contributed by atoms with Gasteiger partial charge in [0, 0.05) is 11.6 Å². The smallest absolute Gasteiger partial charge is 0.251 e. The lowest BCUT2D eigenvalue weighted by Crippen LogP contribution is -2.41. The van der Waals surface area contributed by atoms with Crippen LogP contribution in [0.3, 0.4) is 0 Å². The molecule has 1 aromatic carbocycles. The summed E-state index contributed by atoms with van der Waals surface area (Å²) in [6.45, 7) is 10.9. The molecule has 0 saturated carbocycles. The Morgan fingerprint density at radius 2 is 2.06 bits per heavy atom. The molecule has 3 heteroatoms. The van der Waals surface area contributed by atoms with E-state index in [0.29, 0.717) is 12.2 Å². The second kappa shape index (κ2) is 5.89. The first-order valence-electron chi connectivity index (χ1n) is 6.38. The number of hydrogen-bond donors (Lipinski definition) is 1. The van der Waals surface area contributed by atoms with Gasteiger partial charge in [-0.25, -0.2) is 0 Å². The molecular weight excluding hydrogens is 226 g/mol. The summed E-state index contributed by atoms with van der Waals surface area (Å²) in [7, 11) is 0. The Bertz CT molecular complexity index is 407. The molecule has 1 atom stereocenters. The highest BCUT2D eigenvalue weighted by atomic mass is 16.5. The zero-order valence-corrected chi connectivity index (χ0v) is 11.9. The Morgan fingerprint density at radius 3 is 2.61 bits per heavy atom. The van der Waals surface area contributed by atoms with Crippen LogP contribution in [-0.2, 0) is 0 Å². The fourth-order valence-corrected chi connectivity index (χ4v) is 1.39. The number of rotatable bonds is 4. The molecule has 0 aliphatic heterocycles. The lowest BCUT2D eigenvalue weighted by atomic mass is 9.88. The second-order valence-electron chi connectivity index (χ2n) is 5.52. The van der Waals surface area contributed by atoms with Crippen molar-refractivity contribution >= 4 is 5.91 Å². The van der Waals surface area contributed by atoms with Crippen LogP contribution >= 0.6 is 0 Å². The van der Waals surface area contributed by atoms with E-state index < -0.39 is 0 Å². The SMILES string of the molecule is CCOc1cccc(C(=O)NC(C)C(C)(C)C)c1. The summed E-state index contributed by atoms with van der Waals surface area (Å²) < 4.78 is 5.39. The van der Waals surface area contributed by atoms with Gasteiger partial charge in [0.05, 0.1) is 6.61 Å². The molecule has 0 aliphatic carbocycles. The van der Waals surface area contributed by atoms with Crippen molar-refractivity contribution in [3.05, 3.63) is 29.8 Å². The van der Waals surface area contributed by atoms with Gasteiger partial charge < -0.3 is 10.1 Å². The molecule has 1 N–H and O–H groups in total. The monoisotopic (exact) mass is 249 g/mol. The Labute approximate surface area is 110 Å². The van der Waals surface area contributed by atoms with E-state index in [9.17, 15) is 4.79 Å². The summed E-state index contributed by atoms with van der Waals surface area (Å²) in [5.41, 5.74) is 0.685. The number of carbonyl (C=O) groups is 1. The van der Waals surface area contributed by atoms with Gasteiger partial charge in [-0.2, -0.15) is 0 Å². The van der Waals surface area contributed by atoms with Gasteiger partial charge in [-0.05, 0) is 37.5 Å². The number of benzene rings is 1. The largest absolute Gasteiger partial charge is 0.494 e. The van der Waals surface area contributed by atoms with Crippen LogP contribution in [0.5, 0.6) is 5.75 Å². The minimum Gasteiger partial charge on any atom is -0.494 e. The van der Waals surface area contributed by atoms with Crippen molar-refractivity contribution in [2.75, 3.05) is 6.61 Å². The highest BCUT2D eigenvalue weighted by Gasteiger charge is 2.22. The van der Waals surface area contributed by atoms with Gasteiger partial charge in [-0.3, -0.25) is 4.79 Å². The summed E-state index contributed by atoms with van der Waals surface area (Å²) in [5, 5.41) is 3.01. The number of carbonyl (C=O) groups excluding carboxylic acids is 1. The summed E-state index contributed by atoms with van der Waals surface area (Å²) in [5.74, 6) is 0.674. The Balaban J connectivity index is 2.75. The number of amides is 1. The van der Waals surface area contributed by atoms with Gasteiger partial charge in [0.2, 0.25) is 0 Å². The predicted octanol–water partition coefficient (Wildman–Crippen LogP) is 3.25. The molecule has 0 heterocycles. The summed E-state index contributed by atoms with van der Waals surface area (Å²) >= 11 is 0. The normalized spacial score (nSPS) is 12.9. The molecular formula is C15H23NO2. The molecule has 18 heavy (non-hydrogen) atoms. The maximum absolute atomic E-state index is 12.1. The van der Waals surface area contributed by atoms with Gasteiger partial charge in [0.1, 0.15) is 5.75 Å². The molecule has 0 aromatic heterocycles.